The largest absolute Gasteiger partial charge is 0.321 e. The lowest BCUT2D eigenvalue weighted by Gasteiger charge is -2.07. The van der Waals surface area contributed by atoms with Crippen LogP contribution >= 0.6 is 0 Å². The Bertz CT molecular complexity index is 665. The van der Waals surface area contributed by atoms with Gasteiger partial charge in [0.15, 0.2) is 0 Å². The number of nitrogens with zero attached hydrogens (tertiary/aromatic N) is 2. The Kier molecular flexibility index (Phi) is 3.29. The molecule has 0 radical (unpaired) electrons. The lowest BCUT2D eigenvalue weighted by Crippen LogP contribution is -2.14. The number of hydrogen-bond acceptors (Lipinski definition) is 3. The third-order valence-electron chi connectivity index (χ3n) is 2.71. The zero-order valence-corrected chi connectivity index (χ0v) is 10.4. The van der Waals surface area contributed by atoms with Crippen LogP contribution in [0.4, 0.5) is 10.1 Å². The van der Waals surface area contributed by atoms with Crippen LogP contribution < -0.4 is 5.32 Å². The van der Waals surface area contributed by atoms with Gasteiger partial charge < -0.3 is 5.32 Å². The number of nitrogens with one attached hydrogen (secondary N) is 2. The molecule has 0 unspecified atom stereocenters. The molecule has 1 aromatic carbocycles. The van der Waals surface area contributed by atoms with Crippen molar-refractivity contribution in [1.82, 2.24) is 10.2 Å². The molecule has 0 saturated heterocycles. The van der Waals surface area contributed by atoms with Crippen molar-refractivity contribution in [3.63, 3.8) is 0 Å². The summed E-state index contributed by atoms with van der Waals surface area (Å²) in [5.41, 5.74) is 1.97. The molecule has 1 heterocycles. The van der Waals surface area contributed by atoms with E-state index in [9.17, 15) is 9.18 Å². The number of aromatic nitrogens is 2. The highest BCUT2D eigenvalue weighted by molar-refractivity contribution is 6.06. The lowest BCUT2D eigenvalue weighted by atomic mass is 10.1. The van der Waals surface area contributed by atoms with Crippen LogP contribution in [0.3, 0.4) is 0 Å². The summed E-state index contributed by atoms with van der Waals surface area (Å²) < 4.78 is 13.0. The van der Waals surface area contributed by atoms with Crippen molar-refractivity contribution < 1.29 is 9.18 Å². The number of aromatic amines is 1. The van der Waals surface area contributed by atoms with Crippen molar-refractivity contribution in [2.45, 2.75) is 13.8 Å². The highest BCUT2D eigenvalue weighted by Gasteiger charge is 2.16. The lowest BCUT2D eigenvalue weighted by molar-refractivity contribution is 0.102. The first-order valence-corrected chi connectivity index (χ1v) is 5.55. The van der Waals surface area contributed by atoms with Gasteiger partial charge in [-0.15, -0.1) is 0 Å². The van der Waals surface area contributed by atoms with E-state index in [4.69, 9.17) is 5.26 Å². The number of carbonyl (C=O) groups is 1. The van der Waals surface area contributed by atoms with Gasteiger partial charge in [0.1, 0.15) is 11.9 Å². The van der Waals surface area contributed by atoms with Crippen LogP contribution in [-0.2, 0) is 0 Å². The first-order valence-electron chi connectivity index (χ1n) is 5.55. The van der Waals surface area contributed by atoms with Crippen molar-refractivity contribution in [2.24, 2.45) is 0 Å². The second-order valence-corrected chi connectivity index (χ2v) is 4.06. The molecule has 0 bridgehead atoms. The maximum Gasteiger partial charge on any atom is 0.259 e. The van der Waals surface area contributed by atoms with Gasteiger partial charge >= 0.3 is 0 Å². The van der Waals surface area contributed by atoms with Gasteiger partial charge in [0.25, 0.3) is 5.91 Å². The molecule has 0 aliphatic heterocycles. The van der Waals surface area contributed by atoms with Crippen molar-refractivity contribution >= 4 is 11.6 Å². The first kappa shape index (κ1) is 12.8. The molecule has 2 rings (SSSR count). The number of H-pyrrole nitrogens is 1. The molecule has 0 atom stereocenters. The van der Waals surface area contributed by atoms with Crippen molar-refractivity contribution in [2.75, 3.05) is 5.32 Å². The minimum absolute atomic E-state index is 0.0761. The Labute approximate surface area is 109 Å². The van der Waals surface area contributed by atoms with Crippen LogP contribution in [0.5, 0.6) is 0 Å². The Morgan fingerprint density at radius 1 is 1.47 bits per heavy atom. The predicted molar refractivity (Wildman–Crippen MR) is 67.1 cm³/mol. The topological polar surface area (TPSA) is 81.6 Å². The van der Waals surface area contributed by atoms with Gasteiger partial charge in [0.2, 0.25) is 0 Å². The maximum atomic E-state index is 13.0. The number of anilines is 1. The highest BCUT2D eigenvalue weighted by Crippen LogP contribution is 2.18. The van der Waals surface area contributed by atoms with Crippen molar-refractivity contribution in [3.8, 4) is 6.07 Å². The van der Waals surface area contributed by atoms with Gasteiger partial charge in [0.05, 0.1) is 22.5 Å². The standard InChI is InChI=1S/C13H11FN4O/c1-7-12(8(2)18-17-7)13(19)16-11-4-3-10(14)5-9(11)6-15/h3-5H,1-2H3,(H,16,19)(H,17,18). The fourth-order valence-electron chi connectivity index (χ4n) is 1.79. The molecule has 5 nitrogen and oxygen atoms in total. The number of halogens is 1. The summed E-state index contributed by atoms with van der Waals surface area (Å²) in [6, 6.07) is 5.46. The van der Waals surface area contributed by atoms with Gasteiger partial charge in [-0.2, -0.15) is 10.4 Å². The summed E-state index contributed by atoms with van der Waals surface area (Å²) in [5, 5.41) is 18.1. The van der Waals surface area contributed by atoms with Gasteiger partial charge in [-0.05, 0) is 32.0 Å². The predicted octanol–water partition coefficient (Wildman–Crippen LogP) is 2.29. The van der Waals surface area contributed by atoms with E-state index in [-0.39, 0.29) is 17.2 Å². The molecule has 2 N–H and O–H groups in total. The summed E-state index contributed by atoms with van der Waals surface area (Å²) in [7, 11) is 0. The van der Waals surface area contributed by atoms with Gasteiger partial charge in [-0.1, -0.05) is 0 Å². The van der Waals surface area contributed by atoms with Crippen LogP contribution in [0.15, 0.2) is 18.2 Å². The molecule has 1 amide bonds. The van der Waals surface area contributed by atoms with E-state index in [1.807, 2.05) is 6.07 Å². The van der Waals surface area contributed by atoms with Gasteiger partial charge in [-0.3, -0.25) is 9.89 Å². The van der Waals surface area contributed by atoms with Gasteiger partial charge in [-0.25, -0.2) is 4.39 Å². The quantitative estimate of drug-likeness (QED) is 0.867. The minimum Gasteiger partial charge on any atom is -0.321 e. The third kappa shape index (κ3) is 2.45. The van der Waals surface area contributed by atoms with E-state index in [1.165, 1.54) is 12.1 Å². The monoisotopic (exact) mass is 258 g/mol. The number of nitriles is 1. The van der Waals surface area contributed by atoms with E-state index >= 15 is 0 Å². The molecule has 2 aromatic rings. The normalized spacial score (nSPS) is 10.0. The van der Waals surface area contributed by atoms with Crippen LogP contribution in [0, 0.1) is 31.0 Å². The molecule has 1 aromatic heterocycles. The molecule has 0 saturated carbocycles. The van der Waals surface area contributed by atoms with E-state index in [2.05, 4.69) is 15.5 Å². The molecule has 96 valence electrons. The summed E-state index contributed by atoms with van der Waals surface area (Å²) in [6.45, 7) is 3.43. The number of hydrogen-bond donors (Lipinski definition) is 2. The average molecular weight is 258 g/mol. The SMILES string of the molecule is Cc1n[nH]c(C)c1C(=O)Nc1ccc(F)cc1C#N. The molecule has 0 fully saturated rings. The first-order chi connectivity index (χ1) is 9.02. The van der Waals surface area contributed by atoms with Crippen LogP contribution in [0.2, 0.25) is 0 Å². The number of aryl methyl sites for hydroxylation is 2. The summed E-state index contributed by atoms with van der Waals surface area (Å²) in [4.78, 5) is 12.1. The summed E-state index contributed by atoms with van der Waals surface area (Å²) >= 11 is 0. The smallest absolute Gasteiger partial charge is 0.259 e. The molecule has 6 heteroatoms. The van der Waals surface area contributed by atoms with E-state index < -0.39 is 5.82 Å². The van der Waals surface area contributed by atoms with E-state index in [0.717, 1.165) is 6.07 Å². The maximum absolute atomic E-state index is 13.0. The summed E-state index contributed by atoms with van der Waals surface area (Å²) in [6.07, 6.45) is 0. The second-order valence-electron chi connectivity index (χ2n) is 4.06. The zero-order chi connectivity index (χ0) is 14.0. The van der Waals surface area contributed by atoms with Gasteiger partial charge in [0, 0.05) is 5.69 Å². The molecular formula is C13H11FN4O. The van der Waals surface area contributed by atoms with Crippen LogP contribution in [0.1, 0.15) is 27.3 Å². The highest BCUT2D eigenvalue weighted by atomic mass is 19.1. The molecule has 0 aliphatic rings. The average Bonchev–Trinajstić information content (AvgIpc) is 2.71. The third-order valence-corrected chi connectivity index (χ3v) is 2.71. The van der Waals surface area contributed by atoms with Crippen molar-refractivity contribution in [3.05, 3.63) is 46.5 Å². The number of benzene rings is 1. The second kappa shape index (κ2) is 4.90. The Hall–Kier alpha value is -2.68. The van der Waals surface area contributed by atoms with E-state index in [0.29, 0.717) is 17.0 Å². The minimum atomic E-state index is -0.523. The zero-order valence-electron chi connectivity index (χ0n) is 10.4. The number of rotatable bonds is 2. The Morgan fingerprint density at radius 2 is 2.21 bits per heavy atom. The molecule has 0 aliphatic carbocycles. The summed E-state index contributed by atoms with van der Waals surface area (Å²) in [5.74, 6) is -0.905. The molecule has 19 heavy (non-hydrogen) atoms. The fraction of sp³-hybridized carbons (Fsp3) is 0.154. The fourth-order valence-corrected chi connectivity index (χ4v) is 1.79. The molecular weight excluding hydrogens is 247 g/mol. The van der Waals surface area contributed by atoms with E-state index in [1.54, 1.807) is 13.8 Å². The Morgan fingerprint density at radius 3 is 2.79 bits per heavy atom. The number of carbonyl (C=O) groups excluding carboxylic acids is 1. The van der Waals surface area contributed by atoms with Crippen LogP contribution in [0.25, 0.3) is 0 Å². The van der Waals surface area contributed by atoms with Crippen LogP contribution in [-0.4, -0.2) is 16.1 Å². The number of amides is 1. The van der Waals surface area contributed by atoms with Crippen molar-refractivity contribution in [1.29, 1.82) is 5.26 Å². The Balaban J connectivity index is 2.33. The molecule has 0 spiro atoms.